The van der Waals surface area contributed by atoms with Gasteiger partial charge in [0.25, 0.3) is 0 Å². The Morgan fingerprint density at radius 3 is 1.87 bits per heavy atom. The molecule has 0 bridgehead atoms. The van der Waals surface area contributed by atoms with E-state index in [9.17, 15) is 9.90 Å². The van der Waals surface area contributed by atoms with Gasteiger partial charge in [0.05, 0.1) is 18.1 Å². The van der Waals surface area contributed by atoms with Gasteiger partial charge in [-0.05, 0) is 66.2 Å². The minimum absolute atomic E-state index is 0.111. The lowest BCUT2D eigenvalue weighted by molar-refractivity contribution is 0.247. The van der Waals surface area contributed by atoms with Crippen LogP contribution in [0.1, 0.15) is 6.42 Å². The molecule has 1 heterocycles. The van der Waals surface area contributed by atoms with Crippen molar-refractivity contribution < 1.29 is 19.3 Å². The quantitative estimate of drug-likeness (QED) is 0.342. The van der Waals surface area contributed by atoms with Crippen LogP contribution >= 0.6 is 11.3 Å². The van der Waals surface area contributed by atoms with Gasteiger partial charge in [-0.25, -0.2) is 0 Å². The monoisotopic (exact) mass is 435 g/mol. The summed E-state index contributed by atoms with van der Waals surface area (Å²) in [5.41, 5.74) is 0.760. The van der Waals surface area contributed by atoms with Crippen LogP contribution in [0.5, 0.6) is 28.9 Å². The topological polar surface area (TPSA) is 80.8 Å². The highest BCUT2D eigenvalue weighted by atomic mass is 32.1. The molecule has 0 saturated carbocycles. The first-order valence-electron chi connectivity index (χ1n) is 9.78. The van der Waals surface area contributed by atoms with Gasteiger partial charge in [0.15, 0.2) is 0 Å². The molecule has 158 valence electrons. The molecular weight excluding hydrogens is 414 g/mol. The van der Waals surface area contributed by atoms with E-state index in [-0.39, 0.29) is 10.8 Å². The van der Waals surface area contributed by atoms with E-state index in [0.717, 1.165) is 40.6 Å². The fourth-order valence-electron chi connectivity index (χ4n) is 2.89. The lowest BCUT2D eigenvalue weighted by Gasteiger charge is -2.10. The predicted octanol–water partition coefficient (Wildman–Crippen LogP) is 5.45. The second kappa shape index (κ2) is 9.86. The summed E-state index contributed by atoms with van der Waals surface area (Å²) in [5, 5.41) is 9.73. The number of nitrogens with one attached hydrogen (secondary N) is 1. The first-order chi connectivity index (χ1) is 15.2. The molecule has 0 spiro atoms. The lowest BCUT2D eigenvalue weighted by Crippen LogP contribution is -2.04. The number of ether oxygens (including phenoxy) is 3. The third-order valence-electron chi connectivity index (χ3n) is 4.38. The Morgan fingerprint density at radius 2 is 1.29 bits per heavy atom. The Bertz CT molecular complexity index is 1150. The van der Waals surface area contributed by atoms with E-state index in [2.05, 4.69) is 4.98 Å². The average molecular weight is 436 g/mol. The zero-order valence-electron chi connectivity index (χ0n) is 16.6. The van der Waals surface area contributed by atoms with Gasteiger partial charge in [-0.3, -0.25) is 9.78 Å². The van der Waals surface area contributed by atoms with Gasteiger partial charge >= 0.3 is 4.87 Å². The average Bonchev–Trinajstić information content (AvgIpc) is 3.14. The van der Waals surface area contributed by atoms with Crippen LogP contribution in [0.2, 0.25) is 0 Å². The van der Waals surface area contributed by atoms with E-state index in [1.54, 1.807) is 0 Å². The second-order valence-corrected chi connectivity index (χ2v) is 7.64. The maximum absolute atomic E-state index is 11.3. The van der Waals surface area contributed by atoms with E-state index in [1.807, 2.05) is 78.9 Å². The van der Waals surface area contributed by atoms with E-state index in [4.69, 9.17) is 14.2 Å². The normalized spacial score (nSPS) is 10.6. The van der Waals surface area contributed by atoms with Crippen molar-refractivity contribution in [3.63, 3.8) is 0 Å². The van der Waals surface area contributed by atoms with Gasteiger partial charge in [-0.15, -0.1) is 0 Å². The number of rotatable bonds is 9. The summed E-state index contributed by atoms with van der Waals surface area (Å²) in [5.74, 6) is 2.93. The van der Waals surface area contributed by atoms with Crippen molar-refractivity contribution in [3.8, 4) is 39.3 Å². The van der Waals surface area contributed by atoms with Crippen molar-refractivity contribution >= 4 is 11.3 Å². The summed E-state index contributed by atoms with van der Waals surface area (Å²) < 4.78 is 17.2. The highest BCUT2D eigenvalue weighted by Gasteiger charge is 2.09. The molecule has 4 rings (SSSR count). The number of thiazole rings is 1. The van der Waals surface area contributed by atoms with Crippen molar-refractivity contribution in [3.05, 3.63) is 88.5 Å². The number of benzene rings is 3. The van der Waals surface area contributed by atoms with Crippen LogP contribution in [0.3, 0.4) is 0 Å². The largest absolute Gasteiger partial charge is 0.493 e. The highest BCUT2D eigenvalue weighted by Crippen LogP contribution is 2.31. The fourth-order valence-corrected chi connectivity index (χ4v) is 3.62. The van der Waals surface area contributed by atoms with E-state index >= 15 is 0 Å². The molecular formula is C24H21NO5S. The number of aromatic amines is 1. The first-order valence-corrected chi connectivity index (χ1v) is 10.6. The van der Waals surface area contributed by atoms with Crippen LogP contribution < -0.4 is 19.1 Å². The number of hydrogen-bond acceptors (Lipinski definition) is 6. The van der Waals surface area contributed by atoms with Gasteiger partial charge in [-0.2, -0.15) is 0 Å². The predicted molar refractivity (Wildman–Crippen MR) is 121 cm³/mol. The Labute approximate surface area is 183 Å². The Balaban J connectivity index is 1.19. The van der Waals surface area contributed by atoms with Gasteiger partial charge in [0.1, 0.15) is 23.0 Å². The van der Waals surface area contributed by atoms with Crippen LogP contribution in [0.15, 0.2) is 83.7 Å². The minimum Gasteiger partial charge on any atom is -0.493 e. The maximum atomic E-state index is 11.3. The SMILES string of the molecule is O=c1[nH]c(O)c(-c2ccc(OCCCOc3ccc(Oc4ccccc4)cc3)cc2)s1. The molecule has 0 aliphatic carbocycles. The van der Waals surface area contributed by atoms with Crippen molar-refractivity contribution in [2.45, 2.75) is 6.42 Å². The molecule has 4 aromatic rings. The minimum atomic E-state index is -0.286. The fraction of sp³-hybridized carbons (Fsp3) is 0.125. The van der Waals surface area contributed by atoms with E-state index < -0.39 is 0 Å². The van der Waals surface area contributed by atoms with Crippen molar-refractivity contribution in [1.82, 2.24) is 4.98 Å². The standard InChI is InChI=1S/C24H21NO5S/c26-23-22(31-24(27)25-23)17-7-9-18(10-8-17)28-15-4-16-29-19-11-13-21(14-12-19)30-20-5-2-1-3-6-20/h1-3,5-14,26H,4,15-16H2,(H,25,27). The molecule has 0 fully saturated rings. The molecule has 0 aliphatic rings. The number of aromatic hydroxyl groups is 1. The molecule has 0 aliphatic heterocycles. The number of hydrogen-bond donors (Lipinski definition) is 2. The smallest absolute Gasteiger partial charge is 0.307 e. The second-order valence-electron chi connectivity index (χ2n) is 6.65. The highest BCUT2D eigenvalue weighted by molar-refractivity contribution is 7.13. The van der Waals surface area contributed by atoms with E-state index in [1.165, 1.54) is 0 Å². The summed E-state index contributed by atoms with van der Waals surface area (Å²) in [6.07, 6.45) is 0.726. The summed E-state index contributed by atoms with van der Waals surface area (Å²) in [4.78, 5) is 13.9. The molecule has 0 radical (unpaired) electrons. The molecule has 0 saturated heterocycles. The lowest BCUT2D eigenvalue weighted by atomic mass is 10.2. The third kappa shape index (κ3) is 5.67. The van der Waals surface area contributed by atoms with Crippen LogP contribution in [0.4, 0.5) is 0 Å². The molecule has 2 N–H and O–H groups in total. The molecule has 0 amide bonds. The maximum Gasteiger partial charge on any atom is 0.307 e. The van der Waals surface area contributed by atoms with Gasteiger partial charge in [0, 0.05) is 6.42 Å². The van der Waals surface area contributed by atoms with Gasteiger partial charge in [-0.1, -0.05) is 29.5 Å². The molecule has 7 heteroatoms. The molecule has 0 unspecified atom stereocenters. The van der Waals surface area contributed by atoms with Crippen molar-refractivity contribution in [1.29, 1.82) is 0 Å². The Kier molecular flexibility index (Phi) is 6.54. The van der Waals surface area contributed by atoms with Crippen LogP contribution in [0.25, 0.3) is 10.4 Å². The number of para-hydroxylation sites is 1. The van der Waals surface area contributed by atoms with E-state index in [0.29, 0.717) is 23.8 Å². The summed E-state index contributed by atoms with van der Waals surface area (Å²) in [7, 11) is 0. The number of aromatic nitrogens is 1. The summed E-state index contributed by atoms with van der Waals surface area (Å²) in [6.45, 7) is 1.04. The van der Waals surface area contributed by atoms with Crippen molar-refractivity contribution in [2.75, 3.05) is 13.2 Å². The molecule has 6 nitrogen and oxygen atoms in total. The molecule has 31 heavy (non-hydrogen) atoms. The Hall–Kier alpha value is -3.71. The van der Waals surface area contributed by atoms with Gasteiger partial charge < -0.3 is 19.3 Å². The Morgan fingerprint density at radius 1 is 0.742 bits per heavy atom. The summed E-state index contributed by atoms with van der Waals surface area (Å²) in [6, 6.07) is 24.4. The number of H-pyrrole nitrogens is 1. The first kappa shape index (κ1) is 20.6. The van der Waals surface area contributed by atoms with Crippen molar-refractivity contribution in [2.24, 2.45) is 0 Å². The third-order valence-corrected chi connectivity index (χ3v) is 5.30. The zero-order chi connectivity index (χ0) is 21.5. The van der Waals surface area contributed by atoms with Crippen LogP contribution in [0, 0.1) is 0 Å². The zero-order valence-corrected chi connectivity index (χ0v) is 17.4. The van der Waals surface area contributed by atoms with Crippen LogP contribution in [-0.2, 0) is 0 Å². The molecule has 3 aromatic carbocycles. The summed E-state index contributed by atoms with van der Waals surface area (Å²) >= 11 is 0.970. The van der Waals surface area contributed by atoms with Crippen LogP contribution in [-0.4, -0.2) is 23.3 Å². The van der Waals surface area contributed by atoms with Gasteiger partial charge in [0.2, 0.25) is 5.88 Å². The molecule has 0 atom stereocenters. The molecule has 1 aromatic heterocycles.